The number of urea groups is 1. The Bertz CT molecular complexity index is 471. The topological polar surface area (TPSA) is 59.6 Å². The fourth-order valence-electron chi connectivity index (χ4n) is 1.90. The van der Waals surface area contributed by atoms with Gasteiger partial charge in [-0.25, -0.2) is 4.79 Å². The van der Waals surface area contributed by atoms with E-state index in [4.69, 9.17) is 4.74 Å². The number of ether oxygens (including phenoxy) is 2. The van der Waals surface area contributed by atoms with E-state index in [-0.39, 0.29) is 5.75 Å². The SMILES string of the molecule is O=C(NC[C@@H]1CCOC1)Nc1ccc(OC(F)(F)F)cc1. The molecule has 2 N–H and O–H groups in total. The number of amides is 2. The maximum Gasteiger partial charge on any atom is 0.573 e. The van der Waals surface area contributed by atoms with Gasteiger partial charge in [0.2, 0.25) is 0 Å². The molecule has 21 heavy (non-hydrogen) atoms. The summed E-state index contributed by atoms with van der Waals surface area (Å²) in [6.45, 7) is 1.83. The van der Waals surface area contributed by atoms with Gasteiger partial charge in [-0.3, -0.25) is 0 Å². The molecule has 1 fully saturated rings. The standard InChI is InChI=1S/C13H15F3N2O3/c14-13(15,16)21-11-3-1-10(2-4-11)18-12(19)17-7-9-5-6-20-8-9/h1-4,9H,5-8H2,(H2,17,18,19)/t9-/m0/s1. The van der Waals surface area contributed by atoms with Gasteiger partial charge in [0, 0.05) is 24.8 Å². The summed E-state index contributed by atoms with van der Waals surface area (Å²) in [6.07, 6.45) is -3.82. The van der Waals surface area contributed by atoms with Crippen LogP contribution < -0.4 is 15.4 Å². The van der Waals surface area contributed by atoms with Gasteiger partial charge in [0.15, 0.2) is 0 Å². The number of hydrogen-bond donors (Lipinski definition) is 2. The second-order valence-corrected chi connectivity index (χ2v) is 4.64. The molecule has 1 aromatic carbocycles. The van der Waals surface area contributed by atoms with Gasteiger partial charge in [0.1, 0.15) is 5.75 Å². The van der Waals surface area contributed by atoms with Crippen molar-refractivity contribution in [1.82, 2.24) is 5.32 Å². The van der Waals surface area contributed by atoms with E-state index < -0.39 is 12.4 Å². The third-order valence-electron chi connectivity index (χ3n) is 2.92. The molecular formula is C13H15F3N2O3. The molecular weight excluding hydrogens is 289 g/mol. The minimum absolute atomic E-state index is 0.304. The normalized spacial score (nSPS) is 18.3. The highest BCUT2D eigenvalue weighted by Gasteiger charge is 2.30. The zero-order valence-electron chi connectivity index (χ0n) is 11.1. The van der Waals surface area contributed by atoms with E-state index in [1.165, 1.54) is 12.1 Å². The Hall–Kier alpha value is -1.96. The molecule has 2 rings (SSSR count). The van der Waals surface area contributed by atoms with Crippen LogP contribution in [0.4, 0.5) is 23.7 Å². The number of rotatable bonds is 4. The molecule has 0 radical (unpaired) electrons. The van der Waals surface area contributed by atoms with Crippen molar-refractivity contribution in [2.45, 2.75) is 12.8 Å². The van der Waals surface area contributed by atoms with Crippen LogP contribution in [0.3, 0.4) is 0 Å². The lowest BCUT2D eigenvalue weighted by Crippen LogP contribution is -2.33. The first-order valence-corrected chi connectivity index (χ1v) is 6.41. The van der Waals surface area contributed by atoms with Crippen molar-refractivity contribution in [1.29, 1.82) is 0 Å². The average molecular weight is 304 g/mol. The first-order valence-electron chi connectivity index (χ1n) is 6.41. The fourth-order valence-corrected chi connectivity index (χ4v) is 1.90. The third-order valence-corrected chi connectivity index (χ3v) is 2.92. The number of benzene rings is 1. The summed E-state index contributed by atoms with van der Waals surface area (Å²) in [4.78, 5) is 11.6. The summed E-state index contributed by atoms with van der Waals surface area (Å²) in [6, 6.07) is 4.52. The lowest BCUT2D eigenvalue weighted by atomic mass is 10.1. The van der Waals surface area contributed by atoms with Crippen molar-refractivity contribution in [3.63, 3.8) is 0 Å². The van der Waals surface area contributed by atoms with Crippen molar-refractivity contribution in [2.75, 3.05) is 25.1 Å². The lowest BCUT2D eigenvalue weighted by molar-refractivity contribution is -0.274. The van der Waals surface area contributed by atoms with Crippen LogP contribution in [-0.2, 0) is 4.74 Å². The van der Waals surface area contributed by atoms with Gasteiger partial charge in [-0.2, -0.15) is 0 Å². The Morgan fingerprint density at radius 2 is 2.05 bits per heavy atom. The van der Waals surface area contributed by atoms with E-state index in [2.05, 4.69) is 15.4 Å². The smallest absolute Gasteiger partial charge is 0.406 e. The number of anilines is 1. The molecule has 1 heterocycles. The monoisotopic (exact) mass is 304 g/mol. The number of hydrogen-bond acceptors (Lipinski definition) is 3. The number of carbonyl (C=O) groups is 1. The van der Waals surface area contributed by atoms with Crippen molar-refractivity contribution < 1.29 is 27.4 Å². The summed E-state index contributed by atoms with van der Waals surface area (Å²) in [5.41, 5.74) is 0.379. The Morgan fingerprint density at radius 1 is 1.33 bits per heavy atom. The molecule has 1 aliphatic heterocycles. The summed E-state index contributed by atoms with van der Waals surface area (Å²) < 4.78 is 44.9. The quantitative estimate of drug-likeness (QED) is 0.899. The summed E-state index contributed by atoms with van der Waals surface area (Å²) in [7, 11) is 0. The largest absolute Gasteiger partial charge is 0.573 e. The molecule has 1 saturated heterocycles. The molecule has 0 aromatic heterocycles. The second-order valence-electron chi connectivity index (χ2n) is 4.64. The highest BCUT2D eigenvalue weighted by molar-refractivity contribution is 5.89. The zero-order valence-corrected chi connectivity index (χ0v) is 11.1. The predicted molar refractivity (Wildman–Crippen MR) is 69.1 cm³/mol. The van der Waals surface area contributed by atoms with E-state index >= 15 is 0 Å². The lowest BCUT2D eigenvalue weighted by Gasteiger charge is -2.12. The van der Waals surface area contributed by atoms with E-state index in [9.17, 15) is 18.0 Å². The van der Waals surface area contributed by atoms with Crippen molar-refractivity contribution >= 4 is 11.7 Å². The first kappa shape index (κ1) is 15.4. The summed E-state index contributed by atoms with van der Waals surface area (Å²) in [5, 5.41) is 5.21. The Balaban J connectivity index is 1.78. The number of halogens is 3. The molecule has 2 amide bonds. The molecule has 0 unspecified atom stereocenters. The van der Waals surface area contributed by atoms with Gasteiger partial charge in [-0.1, -0.05) is 0 Å². The Kier molecular flexibility index (Phi) is 4.89. The van der Waals surface area contributed by atoms with Crippen LogP contribution in [0.1, 0.15) is 6.42 Å². The maximum atomic E-state index is 12.0. The van der Waals surface area contributed by atoms with Crippen LogP contribution in [0.25, 0.3) is 0 Å². The Labute approximate surface area is 119 Å². The molecule has 1 atom stereocenters. The minimum atomic E-state index is -4.73. The van der Waals surface area contributed by atoms with Gasteiger partial charge < -0.3 is 20.1 Å². The maximum absolute atomic E-state index is 12.0. The molecule has 0 spiro atoms. The van der Waals surface area contributed by atoms with E-state index in [0.29, 0.717) is 31.4 Å². The van der Waals surface area contributed by atoms with E-state index in [0.717, 1.165) is 18.6 Å². The molecule has 0 saturated carbocycles. The van der Waals surface area contributed by atoms with Crippen LogP contribution in [0.2, 0.25) is 0 Å². The van der Waals surface area contributed by atoms with Crippen LogP contribution in [0.15, 0.2) is 24.3 Å². The van der Waals surface area contributed by atoms with Crippen molar-refractivity contribution in [2.24, 2.45) is 5.92 Å². The first-order chi connectivity index (χ1) is 9.92. The minimum Gasteiger partial charge on any atom is -0.406 e. The van der Waals surface area contributed by atoms with Crippen molar-refractivity contribution in [3.05, 3.63) is 24.3 Å². The highest BCUT2D eigenvalue weighted by atomic mass is 19.4. The number of nitrogens with one attached hydrogen (secondary N) is 2. The van der Waals surface area contributed by atoms with Gasteiger partial charge in [0.05, 0.1) is 6.61 Å². The van der Waals surface area contributed by atoms with Crippen LogP contribution in [0, 0.1) is 5.92 Å². The third kappa shape index (κ3) is 5.50. The van der Waals surface area contributed by atoms with Crippen molar-refractivity contribution in [3.8, 4) is 5.75 Å². The molecule has 1 aliphatic rings. The van der Waals surface area contributed by atoms with Crippen LogP contribution in [-0.4, -0.2) is 32.2 Å². The van der Waals surface area contributed by atoms with Gasteiger partial charge >= 0.3 is 12.4 Å². The molecule has 116 valence electrons. The Morgan fingerprint density at radius 3 is 2.62 bits per heavy atom. The van der Waals surface area contributed by atoms with Gasteiger partial charge in [0.25, 0.3) is 0 Å². The fraction of sp³-hybridized carbons (Fsp3) is 0.462. The molecule has 0 aliphatic carbocycles. The zero-order chi connectivity index (χ0) is 15.3. The summed E-state index contributed by atoms with van der Waals surface area (Å²) >= 11 is 0. The predicted octanol–water partition coefficient (Wildman–Crippen LogP) is 2.74. The number of carbonyl (C=O) groups excluding carboxylic acids is 1. The molecule has 5 nitrogen and oxygen atoms in total. The summed E-state index contributed by atoms with van der Waals surface area (Å²) in [5.74, 6) is -0.0325. The molecule has 8 heteroatoms. The number of alkyl halides is 3. The van der Waals surface area contributed by atoms with Gasteiger partial charge in [-0.05, 0) is 30.7 Å². The average Bonchev–Trinajstić information content (AvgIpc) is 2.90. The molecule has 1 aromatic rings. The molecule has 0 bridgehead atoms. The highest BCUT2D eigenvalue weighted by Crippen LogP contribution is 2.23. The van der Waals surface area contributed by atoms with Crippen LogP contribution in [0.5, 0.6) is 5.75 Å². The van der Waals surface area contributed by atoms with E-state index in [1.807, 2.05) is 0 Å². The van der Waals surface area contributed by atoms with Crippen LogP contribution >= 0.6 is 0 Å². The van der Waals surface area contributed by atoms with E-state index in [1.54, 1.807) is 0 Å². The van der Waals surface area contributed by atoms with Gasteiger partial charge in [-0.15, -0.1) is 13.2 Å². The second kappa shape index (κ2) is 6.66.